The third kappa shape index (κ3) is 10.1. The highest BCUT2D eigenvalue weighted by Gasteiger charge is 2.29. The summed E-state index contributed by atoms with van der Waals surface area (Å²) >= 11 is 2.96. The molecule has 0 spiro atoms. The van der Waals surface area contributed by atoms with Gasteiger partial charge in [-0.2, -0.15) is 23.5 Å². The molecule has 0 aliphatic rings. The molecule has 174 valence electrons. The molecule has 0 aliphatic heterocycles. The number of aliphatic carboxylic acids is 1. The number of imidazole rings is 1. The van der Waals surface area contributed by atoms with Gasteiger partial charge in [0.1, 0.15) is 18.1 Å². The summed E-state index contributed by atoms with van der Waals surface area (Å²) in [5.74, 6) is -1.68. The molecule has 7 N–H and O–H groups in total. The molecular weight excluding hydrogens is 444 g/mol. The Balaban J connectivity index is 2.91. The molecule has 1 rings (SSSR count). The zero-order valence-electron chi connectivity index (χ0n) is 17.6. The highest BCUT2D eigenvalue weighted by atomic mass is 32.2. The molecule has 0 radical (unpaired) electrons. The number of rotatable bonds is 15. The highest BCUT2D eigenvalue weighted by molar-refractivity contribution is 7.98. The maximum absolute atomic E-state index is 12.9. The lowest BCUT2D eigenvalue weighted by Crippen LogP contribution is -2.56. The molecule has 0 saturated carbocycles. The van der Waals surface area contributed by atoms with Crippen molar-refractivity contribution in [1.29, 1.82) is 0 Å². The lowest BCUT2D eigenvalue weighted by Gasteiger charge is -2.24. The Morgan fingerprint density at radius 3 is 2.13 bits per heavy atom. The smallest absolute Gasteiger partial charge is 0.326 e. The summed E-state index contributed by atoms with van der Waals surface area (Å²) in [4.78, 5) is 55.6. The van der Waals surface area contributed by atoms with Gasteiger partial charge in [-0.05, 0) is 36.9 Å². The fraction of sp³-hybridized carbons (Fsp3) is 0.611. The SMILES string of the molecule is CSCCC(NC(=O)C(CCSC)NC(=O)C(Cc1cnc[nH]1)NC(=O)CN)C(=O)O. The van der Waals surface area contributed by atoms with Crippen LogP contribution in [0.4, 0.5) is 0 Å². The summed E-state index contributed by atoms with van der Waals surface area (Å²) in [6.45, 7) is -0.293. The first kappa shape index (κ1) is 26.8. The average molecular weight is 475 g/mol. The van der Waals surface area contributed by atoms with Gasteiger partial charge in [-0.25, -0.2) is 9.78 Å². The summed E-state index contributed by atoms with van der Waals surface area (Å²) in [5.41, 5.74) is 5.96. The van der Waals surface area contributed by atoms with Crippen LogP contribution in [0.3, 0.4) is 0 Å². The van der Waals surface area contributed by atoms with Gasteiger partial charge < -0.3 is 31.8 Å². The maximum atomic E-state index is 12.9. The first-order valence-corrected chi connectivity index (χ1v) is 12.4. The predicted octanol–water partition coefficient (Wildman–Crippen LogP) is -1.04. The van der Waals surface area contributed by atoms with Crippen LogP contribution < -0.4 is 21.7 Å². The van der Waals surface area contributed by atoms with Gasteiger partial charge in [0.2, 0.25) is 17.7 Å². The second kappa shape index (κ2) is 14.7. The van der Waals surface area contributed by atoms with Gasteiger partial charge >= 0.3 is 5.97 Å². The van der Waals surface area contributed by atoms with Crippen LogP contribution >= 0.6 is 23.5 Å². The fourth-order valence-electron chi connectivity index (χ4n) is 2.62. The number of hydrogen-bond donors (Lipinski definition) is 6. The van der Waals surface area contributed by atoms with E-state index in [0.29, 0.717) is 23.6 Å². The van der Waals surface area contributed by atoms with E-state index in [1.807, 2.05) is 12.5 Å². The minimum absolute atomic E-state index is 0.125. The number of carboxylic acids is 1. The number of amides is 3. The molecule has 0 aromatic carbocycles. The van der Waals surface area contributed by atoms with E-state index in [9.17, 15) is 24.3 Å². The van der Waals surface area contributed by atoms with Gasteiger partial charge in [-0.3, -0.25) is 14.4 Å². The number of nitrogens with zero attached hydrogens (tertiary/aromatic N) is 1. The van der Waals surface area contributed by atoms with Crippen molar-refractivity contribution in [1.82, 2.24) is 25.9 Å². The van der Waals surface area contributed by atoms with E-state index in [0.717, 1.165) is 0 Å². The normalized spacial score (nSPS) is 13.6. The number of nitrogens with two attached hydrogens (primary N) is 1. The largest absolute Gasteiger partial charge is 0.480 e. The first-order valence-electron chi connectivity index (χ1n) is 9.60. The Morgan fingerprint density at radius 1 is 1.03 bits per heavy atom. The Kier molecular flexibility index (Phi) is 12.7. The number of carbonyl (C=O) groups is 4. The molecule has 3 atom stereocenters. The van der Waals surface area contributed by atoms with Crippen molar-refractivity contribution in [2.75, 3.05) is 30.6 Å². The highest BCUT2D eigenvalue weighted by Crippen LogP contribution is 2.06. The Morgan fingerprint density at radius 2 is 1.61 bits per heavy atom. The number of carbonyl (C=O) groups excluding carboxylic acids is 3. The Bertz CT molecular complexity index is 718. The number of hydrogen-bond acceptors (Lipinski definition) is 8. The zero-order valence-corrected chi connectivity index (χ0v) is 19.2. The summed E-state index contributed by atoms with van der Waals surface area (Å²) < 4.78 is 0. The van der Waals surface area contributed by atoms with Gasteiger partial charge in [0.05, 0.1) is 12.9 Å². The molecule has 0 fully saturated rings. The van der Waals surface area contributed by atoms with E-state index < -0.39 is 41.8 Å². The van der Waals surface area contributed by atoms with Crippen molar-refractivity contribution in [2.24, 2.45) is 5.73 Å². The zero-order chi connectivity index (χ0) is 23.2. The van der Waals surface area contributed by atoms with Crippen molar-refractivity contribution in [3.63, 3.8) is 0 Å². The Hall–Kier alpha value is -2.25. The van der Waals surface area contributed by atoms with Crippen molar-refractivity contribution in [2.45, 2.75) is 37.4 Å². The molecule has 0 aliphatic carbocycles. The molecule has 3 unspecified atom stereocenters. The molecule has 1 aromatic heterocycles. The van der Waals surface area contributed by atoms with Crippen LogP contribution in [0.25, 0.3) is 0 Å². The monoisotopic (exact) mass is 474 g/mol. The first-order chi connectivity index (χ1) is 14.8. The number of carboxylic acid groups (broad SMARTS) is 1. The van der Waals surface area contributed by atoms with Crippen molar-refractivity contribution in [3.05, 3.63) is 18.2 Å². The Labute approximate surface area is 189 Å². The number of aromatic amines is 1. The van der Waals surface area contributed by atoms with Crippen molar-refractivity contribution in [3.8, 4) is 0 Å². The van der Waals surface area contributed by atoms with Crippen LogP contribution in [0.5, 0.6) is 0 Å². The number of thioether (sulfide) groups is 2. The quantitative estimate of drug-likeness (QED) is 0.185. The van der Waals surface area contributed by atoms with E-state index >= 15 is 0 Å². The third-order valence-corrected chi connectivity index (χ3v) is 5.57. The molecule has 11 nitrogen and oxygen atoms in total. The van der Waals surface area contributed by atoms with E-state index in [4.69, 9.17) is 5.73 Å². The van der Waals surface area contributed by atoms with E-state index in [1.54, 1.807) is 0 Å². The van der Waals surface area contributed by atoms with Crippen LogP contribution in [-0.2, 0) is 25.6 Å². The third-order valence-electron chi connectivity index (χ3n) is 4.28. The number of aromatic nitrogens is 2. The lowest BCUT2D eigenvalue weighted by molar-refractivity contribution is -0.142. The van der Waals surface area contributed by atoms with E-state index in [1.165, 1.54) is 36.0 Å². The van der Waals surface area contributed by atoms with Crippen molar-refractivity contribution < 1.29 is 24.3 Å². The minimum Gasteiger partial charge on any atom is -0.480 e. The molecule has 3 amide bonds. The number of H-pyrrole nitrogens is 1. The topological polar surface area (TPSA) is 179 Å². The molecule has 1 heterocycles. The molecule has 0 saturated heterocycles. The predicted molar refractivity (Wildman–Crippen MR) is 121 cm³/mol. The van der Waals surface area contributed by atoms with Gasteiger partial charge in [0.15, 0.2) is 0 Å². The molecule has 13 heteroatoms. The van der Waals surface area contributed by atoms with Crippen molar-refractivity contribution >= 4 is 47.2 Å². The molecule has 31 heavy (non-hydrogen) atoms. The molecular formula is C18H30N6O5S2. The standard InChI is InChI=1S/C18H30N6O5S2/c1-30-5-3-12(16(26)24-13(18(28)29)4-6-31-2)23-17(27)14(22-15(25)8-19)7-11-9-20-10-21-11/h9-10,12-14H,3-8,19H2,1-2H3,(H,20,21)(H,22,25)(H,23,27)(H,24,26)(H,28,29). The van der Waals surface area contributed by atoms with Crippen LogP contribution in [-0.4, -0.2) is 87.5 Å². The van der Waals surface area contributed by atoms with Gasteiger partial charge in [-0.1, -0.05) is 0 Å². The second-order valence-electron chi connectivity index (χ2n) is 6.63. The summed E-state index contributed by atoms with van der Waals surface area (Å²) in [6.07, 6.45) is 7.37. The second-order valence-corrected chi connectivity index (χ2v) is 8.60. The van der Waals surface area contributed by atoms with Gasteiger partial charge in [-0.15, -0.1) is 0 Å². The van der Waals surface area contributed by atoms with Crippen LogP contribution in [0.1, 0.15) is 18.5 Å². The minimum atomic E-state index is -1.13. The van der Waals surface area contributed by atoms with Crippen LogP contribution in [0.15, 0.2) is 12.5 Å². The summed E-state index contributed by atoms with van der Waals surface area (Å²) in [7, 11) is 0. The summed E-state index contributed by atoms with van der Waals surface area (Å²) in [6, 6.07) is -2.98. The molecule has 0 bridgehead atoms. The summed E-state index contributed by atoms with van der Waals surface area (Å²) in [5, 5.41) is 17.0. The van der Waals surface area contributed by atoms with Gasteiger partial charge in [0, 0.05) is 18.3 Å². The lowest BCUT2D eigenvalue weighted by atomic mass is 10.1. The molecule has 1 aromatic rings. The number of nitrogens with one attached hydrogen (secondary N) is 4. The van der Waals surface area contributed by atoms with Crippen LogP contribution in [0, 0.1) is 0 Å². The van der Waals surface area contributed by atoms with Gasteiger partial charge in [0.25, 0.3) is 0 Å². The van der Waals surface area contributed by atoms with E-state index in [-0.39, 0.29) is 19.4 Å². The van der Waals surface area contributed by atoms with E-state index in [2.05, 4.69) is 25.9 Å². The average Bonchev–Trinajstić information content (AvgIpc) is 3.25. The van der Waals surface area contributed by atoms with Crippen LogP contribution in [0.2, 0.25) is 0 Å². The maximum Gasteiger partial charge on any atom is 0.326 e. The fourth-order valence-corrected chi connectivity index (χ4v) is 3.56.